The van der Waals surface area contributed by atoms with Crippen molar-refractivity contribution in [3.63, 3.8) is 0 Å². The van der Waals surface area contributed by atoms with Gasteiger partial charge in [-0.1, -0.05) is 40.2 Å². The van der Waals surface area contributed by atoms with Crippen LogP contribution in [-0.4, -0.2) is 0 Å². The van der Waals surface area contributed by atoms with Crippen LogP contribution in [0, 0.1) is 11.3 Å². The second-order valence-electron chi connectivity index (χ2n) is 4.97. The molecule has 4 heteroatoms. The summed E-state index contributed by atoms with van der Waals surface area (Å²) < 4.78 is 0.906. The lowest BCUT2D eigenvalue weighted by atomic mass is 10.1. The predicted molar refractivity (Wildman–Crippen MR) is 83.2 cm³/mol. The number of benzene rings is 2. The third kappa shape index (κ3) is 2.31. The molecule has 2 aromatic rings. The number of rotatable bonds is 2. The number of nitriles is 1. The number of halogens is 1. The minimum absolute atomic E-state index is 0.0599. The molecule has 2 aromatic carbocycles. The monoisotopic (exact) mass is 327 g/mol. The van der Waals surface area contributed by atoms with E-state index in [0.29, 0.717) is 5.56 Å². The quantitative estimate of drug-likeness (QED) is 0.879. The second kappa shape index (κ2) is 5.28. The van der Waals surface area contributed by atoms with E-state index in [4.69, 9.17) is 5.73 Å². The van der Waals surface area contributed by atoms with Crippen LogP contribution in [0.15, 0.2) is 46.9 Å². The molecule has 0 saturated carbocycles. The van der Waals surface area contributed by atoms with Crippen LogP contribution in [0.1, 0.15) is 35.2 Å². The summed E-state index contributed by atoms with van der Waals surface area (Å²) in [5.74, 6) is 0. The summed E-state index contributed by atoms with van der Waals surface area (Å²) in [5, 5.41) is 12.7. The molecule has 3 rings (SSSR count). The average Bonchev–Trinajstić information content (AvgIpc) is 2.78. The smallest absolute Gasteiger partial charge is 0.101 e. The van der Waals surface area contributed by atoms with E-state index in [1.807, 2.05) is 30.3 Å². The van der Waals surface area contributed by atoms with Crippen molar-refractivity contribution in [3.05, 3.63) is 63.6 Å². The van der Waals surface area contributed by atoms with Crippen LogP contribution in [0.2, 0.25) is 0 Å². The molecule has 2 atom stereocenters. The summed E-state index contributed by atoms with van der Waals surface area (Å²) >= 11 is 3.39. The highest BCUT2D eigenvalue weighted by Crippen LogP contribution is 2.39. The summed E-state index contributed by atoms with van der Waals surface area (Å²) in [6.45, 7) is 0. The van der Waals surface area contributed by atoms with Crippen LogP contribution < -0.4 is 11.1 Å². The first-order chi connectivity index (χ1) is 9.69. The molecular weight excluding hydrogens is 314 g/mol. The molecule has 0 saturated heterocycles. The molecule has 1 aliphatic carbocycles. The van der Waals surface area contributed by atoms with E-state index < -0.39 is 0 Å². The van der Waals surface area contributed by atoms with Crippen LogP contribution in [0.3, 0.4) is 0 Å². The summed E-state index contributed by atoms with van der Waals surface area (Å²) in [5.41, 5.74) is 10.1. The van der Waals surface area contributed by atoms with Gasteiger partial charge in [-0.15, -0.1) is 0 Å². The predicted octanol–water partition coefficient (Wildman–Crippen LogP) is 3.88. The highest BCUT2D eigenvalue weighted by molar-refractivity contribution is 9.10. The first-order valence-corrected chi connectivity index (χ1v) is 7.29. The van der Waals surface area contributed by atoms with E-state index in [-0.39, 0.29) is 12.1 Å². The fourth-order valence-corrected chi connectivity index (χ4v) is 3.09. The van der Waals surface area contributed by atoms with Gasteiger partial charge in [0, 0.05) is 10.5 Å². The maximum Gasteiger partial charge on any atom is 0.101 e. The van der Waals surface area contributed by atoms with E-state index in [0.717, 1.165) is 16.6 Å². The van der Waals surface area contributed by atoms with Crippen molar-refractivity contribution < 1.29 is 0 Å². The zero-order chi connectivity index (χ0) is 14.1. The number of hydrogen-bond donors (Lipinski definition) is 2. The van der Waals surface area contributed by atoms with Crippen LogP contribution in [-0.2, 0) is 0 Å². The molecule has 0 aromatic heterocycles. The number of fused-ring (bicyclic) bond motifs is 1. The van der Waals surface area contributed by atoms with Crippen LogP contribution in [0.25, 0.3) is 0 Å². The first kappa shape index (κ1) is 13.2. The number of anilines is 1. The van der Waals surface area contributed by atoms with E-state index in [2.05, 4.69) is 39.4 Å². The molecule has 0 heterocycles. The van der Waals surface area contributed by atoms with Crippen molar-refractivity contribution in [2.45, 2.75) is 18.5 Å². The summed E-state index contributed by atoms with van der Waals surface area (Å²) in [6.07, 6.45) is 0.847. The largest absolute Gasteiger partial charge is 0.377 e. The minimum Gasteiger partial charge on any atom is -0.377 e. The maximum atomic E-state index is 9.23. The lowest BCUT2D eigenvalue weighted by molar-refractivity contribution is 0.648. The van der Waals surface area contributed by atoms with Gasteiger partial charge in [0.1, 0.15) is 6.07 Å². The third-order valence-electron chi connectivity index (χ3n) is 3.69. The standard InChI is InChI=1S/C16H14BrN3/c17-11-5-6-15(10(7-11)9-18)20-16-8-14(19)12-3-1-2-4-13(12)16/h1-7,14,16,20H,8,19H2. The van der Waals surface area contributed by atoms with E-state index >= 15 is 0 Å². The molecule has 0 spiro atoms. The average molecular weight is 328 g/mol. The van der Waals surface area contributed by atoms with E-state index in [1.165, 1.54) is 11.1 Å². The van der Waals surface area contributed by atoms with Gasteiger partial charge >= 0.3 is 0 Å². The van der Waals surface area contributed by atoms with Gasteiger partial charge in [-0.3, -0.25) is 0 Å². The molecule has 3 N–H and O–H groups in total. The van der Waals surface area contributed by atoms with Crippen LogP contribution >= 0.6 is 15.9 Å². The van der Waals surface area contributed by atoms with Gasteiger partial charge in [-0.2, -0.15) is 5.26 Å². The number of nitrogens with two attached hydrogens (primary N) is 1. The van der Waals surface area contributed by atoms with Gasteiger partial charge < -0.3 is 11.1 Å². The van der Waals surface area contributed by atoms with Crippen molar-refractivity contribution in [2.24, 2.45) is 5.73 Å². The van der Waals surface area contributed by atoms with Gasteiger partial charge in [0.2, 0.25) is 0 Å². The fourth-order valence-electron chi connectivity index (χ4n) is 2.73. The molecule has 0 radical (unpaired) electrons. The van der Waals surface area contributed by atoms with E-state index in [1.54, 1.807) is 0 Å². The highest BCUT2D eigenvalue weighted by atomic mass is 79.9. The Hall–Kier alpha value is -1.83. The number of nitrogens with zero attached hydrogens (tertiary/aromatic N) is 1. The SMILES string of the molecule is N#Cc1cc(Br)ccc1NC1CC(N)c2ccccc21. The lowest BCUT2D eigenvalue weighted by Gasteiger charge is -2.16. The van der Waals surface area contributed by atoms with Gasteiger partial charge in [0.05, 0.1) is 17.3 Å². The molecule has 0 amide bonds. The Bertz CT molecular complexity index is 690. The molecule has 20 heavy (non-hydrogen) atoms. The Kier molecular flexibility index (Phi) is 3.47. The topological polar surface area (TPSA) is 61.8 Å². The number of nitrogens with one attached hydrogen (secondary N) is 1. The lowest BCUT2D eigenvalue weighted by Crippen LogP contribution is -2.10. The van der Waals surface area contributed by atoms with Gasteiger partial charge in [-0.25, -0.2) is 0 Å². The molecule has 3 nitrogen and oxygen atoms in total. The van der Waals surface area contributed by atoms with Gasteiger partial charge in [0.15, 0.2) is 0 Å². The van der Waals surface area contributed by atoms with E-state index in [9.17, 15) is 5.26 Å². The summed E-state index contributed by atoms with van der Waals surface area (Å²) in [7, 11) is 0. The molecule has 100 valence electrons. The molecule has 2 unspecified atom stereocenters. The zero-order valence-electron chi connectivity index (χ0n) is 10.8. The van der Waals surface area contributed by atoms with Crippen molar-refractivity contribution in [1.82, 2.24) is 0 Å². The first-order valence-electron chi connectivity index (χ1n) is 6.49. The van der Waals surface area contributed by atoms with Crippen molar-refractivity contribution >= 4 is 21.6 Å². The Morgan fingerprint density at radius 1 is 1.20 bits per heavy atom. The molecule has 0 aliphatic heterocycles. The van der Waals surface area contributed by atoms with Crippen LogP contribution in [0.5, 0.6) is 0 Å². The van der Waals surface area contributed by atoms with Gasteiger partial charge in [0.25, 0.3) is 0 Å². The molecular formula is C16H14BrN3. The summed E-state index contributed by atoms with van der Waals surface area (Å²) in [6, 6.07) is 16.3. The van der Waals surface area contributed by atoms with Crippen molar-refractivity contribution in [2.75, 3.05) is 5.32 Å². The van der Waals surface area contributed by atoms with Crippen molar-refractivity contribution in [3.8, 4) is 6.07 Å². The Labute approximate surface area is 126 Å². The Balaban J connectivity index is 1.92. The minimum atomic E-state index is 0.0599. The molecule has 0 bridgehead atoms. The maximum absolute atomic E-state index is 9.23. The Morgan fingerprint density at radius 2 is 1.95 bits per heavy atom. The summed E-state index contributed by atoms with van der Waals surface area (Å²) in [4.78, 5) is 0. The van der Waals surface area contributed by atoms with Crippen molar-refractivity contribution in [1.29, 1.82) is 5.26 Å². The fraction of sp³-hybridized carbons (Fsp3) is 0.188. The highest BCUT2D eigenvalue weighted by Gasteiger charge is 2.28. The molecule has 1 aliphatic rings. The Morgan fingerprint density at radius 3 is 2.70 bits per heavy atom. The second-order valence-corrected chi connectivity index (χ2v) is 5.89. The molecule has 0 fully saturated rings. The normalized spacial score (nSPS) is 20.2. The number of hydrogen-bond acceptors (Lipinski definition) is 3. The van der Waals surface area contributed by atoms with Crippen LogP contribution in [0.4, 0.5) is 5.69 Å². The van der Waals surface area contributed by atoms with Gasteiger partial charge in [-0.05, 0) is 35.7 Å². The zero-order valence-corrected chi connectivity index (χ0v) is 12.4. The third-order valence-corrected chi connectivity index (χ3v) is 4.19.